The van der Waals surface area contributed by atoms with E-state index >= 15 is 0 Å². The normalized spacial score (nSPS) is 11.9. The number of carbonyl (C=O) groups is 2. The number of pyridine rings is 1. The largest absolute Gasteiger partial charge is 0.468 e. The Balaban J connectivity index is 1.84. The van der Waals surface area contributed by atoms with Gasteiger partial charge in [0, 0.05) is 16.6 Å². The number of methoxy groups -OCH3 is 1. The van der Waals surface area contributed by atoms with E-state index < -0.39 is 5.97 Å². The van der Waals surface area contributed by atoms with Gasteiger partial charge in [-0.3, -0.25) is 14.6 Å². The summed E-state index contributed by atoms with van der Waals surface area (Å²) in [4.78, 5) is 34.1. The van der Waals surface area contributed by atoms with Crippen LogP contribution in [0.15, 0.2) is 53.5 Å². The molecule has 2 aromatic carbocycles. The Kier molecular flexibility index (Phi) is 4.98. The monoisotopic (exact) mass is 405 g/mol. The molecular formula is C22H19N3O3S. The second kappa shape index (κ2) is 7.60. The number of hydrogen-bond donors (Lipinski definition) is 0. The maximum atomic E-state index is 12.9. The van der Waals surface area contributed by atoms with E-state index in [-0.39, 0.29) is 12.5 Å². The third-order valence-corrected chi connectivity index (χ3v) is 5.73. The van der Waals surface area contributed by atoms with Crippen LogP contribution in [0.3, 0.4) is 0 Å². The topological polar surface area (TPSA) is 73.6 Å². The van der Waals surface area contributed by atoms with Crippen molar-refractivity contribution in [1.82, 2.24) is 9.55 Å². The van der Waals surface area contributed by atoms with Crippen LogP contribution in [0, 0.1) is 13.8 Å². The second-order valence-electron chi connectivity index (χ2n) is 6.75. The SMILES string of the molecule is COC(=O)Cn1c(=NC(=O)c2ccc3nc(C)ccc3c2)sc2cccc(C)c21. The van der Waals surface area contributed by atoms with Crippen molar-refractivity contribution in [2.75, 3.05) is 7.11 Å². The zero-order valence-electron chi connectivity index (χ0n) is 16.3. The van der Waals surface area contributed by atoms with Crippen molar-refractivity contribution < 1.29 is 14.3 Å². The van der Waals surface area contributed by atoms with E-state index in [1.54, 1.807) is 16.7 Å². The van der Waals surface area contributed by atoms with Crippen LogP contribution in [0.4, 0.5) is 0 Å². The molecule has 146 valence electrons. The summed E-state index contributed by atoms with van der Waals surface area (Å²) in [5, 5.41) is 0.881. The van der Waals surface area contributed by atoms with Gasteiger partial charge in [-0.2, -0.15) is 4.99 Å². The Morgan fingerprint density at radius 1 is 1.14 bits per heavy atom. The number of hydrogen-bond acceptors (Lipinski definition) is 5. The number of thiazole rings is 1. The summed E-state index contributed by atoms with van der Waals surface area (Å²) in [5.74, 6) is -0.760. The molecule has 0 unspecified atom stereocenters. The molecule has 29 heavy (non-hydrogen) atoms. The van der Waals surface area contributed by atoms with E-state index in [9.17, 15) is 9.59 Å². The van der Waals surface area contributed by atoms with Crippen molar-refractivity contribution in [3.63, 3.8) is 0 Å². The van der Waals surface area contributed by atoms with Gasteiger partial charge in [0.2, 0.25) is 0 Å². The van der Waals surface area contributed by atoms with E-state index in [1.807, 2.05) is 50.2 Å². The van der Waals surface area contributed by atoms with Crippen molar-refractivity contribution in [3.8, 4) is 0 Å². The van der Waals surface area contributed by atoms with Gasteiger partial charge in [0.1, 0.15) is 6.54 Å². The molecule has 2 aromatic heterocycles. The van der Waals surface area contributed by atoms with Crippen LogP contribution in [-0.2, 0) is 16.1 Å². The molecule has 0 saturated heterocycles. The second-order valence-corrected chi connectivity index (χ2v) is 7.75. The number of aromatic nitrogens is 2. The number of carbonyl (C=O) groups excluding carboxylic acids is 2. The molecule has 0 radical (unpaired) electrons. The van der Waals surface area contributed by atoms with E-state index in [4.69, 9.17) is 4.74 Å². The van der Waals surface area contributed by atoms with Crippen LogP contribution in [0.1, 0.15) is 21.6 Å². The number of rotatable bonds is 3. The summed E-state index contributed by atoms with van der Waals surface area (Å²) in [5.41, 5.74) is 4.11. The summed E-state index contributed by atoms with van der Waals surface area (Å²) in [7, 11) is 1.34. The summed E-state index contributed by atoms with van der Waals surface area (Å²) < 4.78 is 7.52. The number of ether oxygens (including phenoxy) is 1. The quantitative estimate of drug-likeness (QED) is 0.486. The highest BCUT2D eigenvalue weighted by Gasteiger charge is 2.14. The number of amides is 1. The zero-order chi connectivity index (χ0) is 20.5. The molecule has 7 heteroatoms. The Bertz CT molecular complexity index is 1330. The number of aryl methyl sites for hydroxylation is 2. The van der Waals surface area contributed by atoms with Gasteiger partial charge in [-0.1, -0.05) is 29.5 Å². The average molecular weight is 405 g/mol. The van der Waals surface area contributed by atoms with Gasteiger partial charge in [-0.15, -0.1) is 0 Å². The third-order valence-electron chi connectivity index (χ3n) is 4.69. The fourth-order valence-corrected chi connectivity index (χ4v) is 4.35. The van der Waals surface area contributed by atoms with E-state index in [2.05, 4.69) is 9.98 Å². The van der Waals surface area contributed by atoms with Crippen LogP contribution < -0.4 is 4.80 Å². The van der Waals surface area contributed by atoms with Gasteiger partial charge < -0.3 is 9.30 Å². The number of para-hydroxylation sites is 1. The van der Waals surface area contributed by atoms with Gasteiger partial charge in [-0.25, -0.2) is 0 Å². The molecule has 0 bridgehead atoms. The first-order chi connectivity index (χ1) is 14.0. The van der Waals surface area contributed by atoms with Gasteiger partial charge >= 0.3 is 5.97 Å². The molecule has 4 aromatic rings. The molecule has 2 heterocycles. The molecule has 0 aliphatic rings. The van der Waals surface area contributed by atoms with E-state index in [0.717, 1.165) is 32.4 Å². The number of nitrogens with zero attached hydrogens (tertiary/aromatic N) is 3. The van der Waals surface area contributed by atoms with Gasteiger partial charge in [0.15, 0.2) is 4.80 Å². The van der Waals surface area contributed by atoms with Crippen molar-refractivity contribution >= 4 is 44.3 Å². The van der Waals surface area contributed by atoms with Crippen molar-refractivity contribution in [2.45, 2.75) is 20.4 Å². The van der Waals surface area contributed by atoms with Gasteiger partial charge in [-0.05, 0) is 49.7 Å². The number of fused-ring (bicyclic) bond motifs is 2. The van der Waals surface area contributed by atoms with Crippen LogP contribution in [0.2, 0.25) is 0 Å². The van der Waals surface area contributed by atoms with Crippen LogP contribution >= 0.6 is 11.3 Å². The van der Waals surface area contributed by atoms with Crippen molar-refractivity contribution in [1.29, 1.82) is 0 Å². The lowest BCUT2D eigenvalue weighted by Crippen LogP contribution is -2.22. The highest BCUT2D eigenvalue weighted by Crippen LogP contribution is 2.21. The van der Waals surface area contributed by atoms with Crippen molar-refractivity contribution in [2.24, 2.45) is 4.99 Å². The van der Waals surface area contributed by atoms with E-state index in [0.29, 0.717) is 10.4 Å². The first-order valence-corrected chi connectivity index (χ1v) is 9.90. The standard InChI is InChI=1S/C22H19N3O3S/c1-13-5-4-6-18-20(13)25(12-19(26)28-3)22(29-18)24-21(27)16-9-10-17-15(11-16)8-7-14(2)23-17/h4-11H,12H2,1-3H3. The Morgan fingerprint density at radius 2 is 1.97 bits per heavy atom. The lowest BCUT2D eigenvalue weighted by Gasteiger charge is -2.05. The first-order valence-electron chi connectivity index (χ1n) is 9.08. The Morgan fingerprint density at radius 3 is 2.76 bits per heavy atom. The molecule has 0 spiro atoms. The highest BCUT2D eigenvalue weighted by molar-refractivity contribution is 7.16. The van der Waals surface area contributed by atoms with Crippen LogP contribution in [0.5, 0.6) is 0 Å². The summed E-state index contributed by atoms with van der Waals surface area (Å²) in [6.45, 7) is 3.89. The Hall–Kier alpha value is -3.32. The predicted octanol–water partition coefficient (Wildman–Crippen LogP) is 3.78. The minimum Gasteiger partial charge on any atom is -0.468 e. The van der Waals surface area contributed by atoms with Crippen LogP contribution in [0.25, 0.3) is 21.1 Å². The summed E-state index contributed by atoms with van der Waals surface area (Å²) in [6.07, 6.45) is 0. The predicted molar refractivity (Wildman–Crippen MR) is 113 cm³/mol. The smallest absolute Gasteiger partial charge is 0.325 e. The molecule has 0 saturated carbocycles. The van der Waals surface area contributed by atoms with Gasteiger partial charge in [0.25, 0.3) is 5.91 Å². The maximum absolute atomic E-state index is 12.9. The molecule has 1 amide bonds. The van der Waals surface area contributed by atoms with E-state index in [1.165, 1.54) is 18.4 Å². The summed E-state index contributed by atoms with van der Waals surface area (Å²) in [6, 6.07) is 15.0. The third kappa shape index (κ3) is 3.69. The molecule has 0 N–H and O–H groups in total. The lowest BCUT2D eigenvalue weighted by molar-refractivity contribution is -0.141. The number of esters is 1. The molecule has 0 aliphatic heterocycles. The molecule has 6 nitrogen and oxygen atoms in total. The summed E-state index contributed by atoms with van der Waals surface area (Å²) >= 11 is 1.37. The fourth-order valence-electron chi connectivity index (χ4n) is 3.24. The number of benzene rings is 2. The molecule has 0 fully saturated rings. The lowest BCUT2D eigenvalue weighted by atomic mass is 10.1. The molecule has 4 rings (SSSR count). The molecular weight excluding hydrogens is 386 g/mol. The minimum absolute atomic E-state index is 0.00557. The fraction of sp³-hybridized carbons (Fsp3) is 0.182. The maximum Gasteiger partial charge on any atom is 0.325 e. The Labute approximate surface area is 171 Å². The zero-order valence-corrected chi connectivity index (χ0v) is 17.1. The van der Waals surface area contributed by atoms with Crippen molar-refractivity contribution in [3.05, 3.63) is 70.2 Å². The van der Waals surface area contributed by atoms with Gasteiger partial charge in [0.05, 0.1) is 22.8 Å². The molecule has 0 atom stereocenters. The minimum atomic E-state index is -0.394. The first kappa shape index (κ1) is 19.0. The van der Waals surface area contributed by atoms with Crippen LogP contribution in [-0.4, -0.2) is 28.5 Å². The molecule has 0 aliphatic carbocycles. The highest BCUT2D eigenvalue weighted by atomic mass is 32.1. The average Bonchev–Trinajstić information content (AvgIpc) is 3.05.